The molecule has 2 amide bonds. The van der Waals surface area contributed by atoms with Gasteiger partial charge in [-0.25, -0.2) is 4.98 Å². The molecule has 8 heteroatoms. The fourth-order valence-electron chi connectivity index (χ4n) is 4.31. The van der Waals surface area contributed by atoms with Gasteiger partial charge in [-0.05, 0) is 75.1 Å². The second kappa shape index (κ2) is 11.8. The van der Waals surface area contributed by atoms with E-state index in [1.165, 1.54) is 24.6 Å². The monoisotopic (exact) mass is 479 g/mol. The lowest BCUT2D eigenvalue weighted by Gasteiger charge is -2.27. The molecule has 2 aliphatic carbocycles. The summed E-state index contributed by atoms with van der Waals surface area (Å²) in [5, 5.41) is 5.61. The average molecular weight is 480 g/mol. The summed E-state index contributed by atoms with van der Waals surface area (Å²) < 4.78 is 11.0. The Hall–Kier alpha value is -3.42. The van der Waals surface area contributed by atoms with Gasteiger partial charge < -0.3 is 20.1 Å². The van der Waals surface area contributed by atoms with Crippen molar-refractivity contribution in [1.82, 2.24) is 15.6 Å². The zero-order valence-corrected chi connectivity index (χ0v) is 20.1. The van der Waals surface area contributed by atoms with Crippen LogP contribution in [0.5, 0.6) is 5.88 Å². The number of nitrogens with zero attached hydrogens (tertiary/aromatic N) is 1. The van der Waals surface area contributed by atoms with E-state index in [2.05, 4.69) is 15.6 Å². The Morgan fingerprint density at radius 2 is 1.49 bits per heavy atom. The van der Waals surface area contributed by atoms with E-state index in [-0.39, 0.29) is 29.8 Å². The van der Waals surface area contributed by atoms with E-state index in [4.69, 9.17) is 9.47 Å². The summed E-state index contributed by atoms with van der Waals surface area (Å²) >= 11 is 0. The predicted octanol–water partition coefficient (Wildman–Crippen LogP) is 3.62. The lowest BCUT2D eigenvalue weighted by molar-refractivity contribution is -0.149. The molecule has 2 aromatic rings. The average Bonchev–Trinajstić information content (AvgIpc) is 3.73. The quantitative estimate of drug-likeness (QED) is 0.398. The number of aromatic nitrogens is 1. The predicted molar refractivity (Wildman–Crippen MR) is 130 cm³/mol. The summed E-state index contributed by atoms with van der Waals surface area (Å²) in [6.07, 6.45) is 6.97. The number of hydrogen-bond donors (Lipinski definition) is 2. The molecule has 2 saturated carbocycles. The molecular weight excluding hydrogens is 446 g/mol. The first kappa shape index (κ1) is 24.7. The molecule has 0 unspecified atom stereocenters. The number of rotatable bonds is 10. The topological polar surface area (TPSA) is 107 Å². The van der Waals surface area contributed by atoms with Crippen LogP contribution in [0.25, 0.3) is 0 Å². The van der Waals surface area contributed by atoms with Gasteiger partial charge in [0.2, 0.25) is 5.88 Å². The molecule has 2 aliphatic rings. The van der Waals surface area contributed by atoms with Crippen molar-refractivity contribution < 1.29 is 23.9 Å². The maximum atomic E-state index is 12.4. The van der Waals surface area contributed by atoms with Crippen LogP contribution in [0.1, 0.15) is 77.6 Å². The highest BCUT2D eigenvalue weighted by molar-refractivity contribution is 5.95. The minimum absolute atomic E-state index is 0.00127. The summed E-state index contributed by atoms with van der Waals surface area (Å²) in [7, 11) is 0. The standard InChI is InChI=1S/C27H33N3O5/c1-2-34-27(33)21-9-12-23(13-10-21)35-24-14-11-22(17-30-24)26(32)29-16-15-28-25(31)20-7-5-19(6-8-20)18-3-4-18/h5-8,11,14,17-18,21,23H,2-4,9-10,12-13,15-16H2,1H3,(H,28,31)(H,29,32). The van der Waals surface area contributed by atoms with Crippen LogP contribution in [0.15, 0.2) is 42.6 Å². The number of benzene rings is 1. The van der Waals surface area contributed by atoms with E-state index in [0.717, 1.165) is 25.7 Å². The normalized spacial score (nSPS) is 19.5. The highest BCUT2D eigenvalue weighted by Gasteiger charge is 2.28. The number of hydrogen-bond acceptors (Lipinski definition) is 6. The highest BCUT2D eigenvalue weighted by Crippen LogP contribution is 2.39. The molecule has 186 valence electrons. The van der Waals surface area contributed by atoms with Gasteiger partial charge in [-0.2, -0.15) is 0 Å². The van der Waals surface area contributed by atoms with Crippen molar-refractivity contribution in [2.45, 2.75) is 57.5 Å². The number of ether oxygens (including phenoxy) is 2. The summed E-state index contributed by atoms with van der Waals surface area (Å²) in [5.41, 5.74) is 2.33. The second-order valence-corrected chi connectivity index (χ2v) is 9.14. The van der Waals surface area contributed by atoms with E-state index in [1.807, 2.05) is 31.2 Å². The molecule has 4 rings (SSSR count). The van der Waals surface area contributed by atoms with Crippen LogP contribution in [0.3, 0.4) is 0 Å². The van der Waals surface area contributed by atoms with E-state index in [1.54, 1.807) is 12.1 Å². The van der Waals surface area contributed by atoms with Crippen LogP contribution in [0, 0.1) is 5.92 Å². The molecule has 0 radical (unpaired) electrons. The molecule has 1 aromatic heterocycles. The largest absolute Gasteiger partial charge is 0.474 e. The molecule has 2 N–H and O–H groups in total. The molecule has 8 nitrogen and oxygen atoms in total. The molecule has 1 aromatic carbocycles. The molecule has 0 spiro atoms. The Labute approximate surface area is 205 Å². The van der Waals surface area contributed by atoms with Crippen molar-refractivity contribution in [3.05, 3.63) is 59.3 Å². The van der Waals surface area contributed by atoms with Crippen molar-refractivity contribution >= 4 is 17.8 Å². The minimum Gasteiger partial charge on any atom is -0.474 e. The first-order valence-corrected chi connectivity index (χ1v) is 12.5. The summed E-state index contributed by atoms with van der Waals surface area (Å²) in [6.45, 7) is 2.86. The minimum atomic E-state index is -0.262. The lowest BCUT2D eigenvalue weighted by Crippen LogP contribution is -2.34. The van der Waals surface area contributed by atoms with Crippen molar-refractivity contribution in [3.8, 4) is 5.88 Å². The second-order valence-electron chi connectivity index (χ2n) is 9.14. The fraction of sp³-hybridized carbons (Fsp3) is 0.481. The van der Waals surface area contributed by atoms with Crippen LogP contribution >= 0.6 is 0 Å². The van der Waals surface area contributed by atoms with Crippen LogP contribution < -0.4 is 15.4 Å². The van der Waals surface area contributed by atoms with Crippen LogP contribution in [0.2, 0.25) is 0 Å². The molecular formula is C27H33N3O5. The van der Waals surface area contributed by atoms with Gasteiger partial charge in [0.1, 0.15) is 6.10 Å². The summed E-state index contributed by atoms with van der Waals surface area (Å²) in [6, 6.07) is 11.1. The number of carbonyl (C=O) groups excluding carboxylic acids is 3. The molecule has 0 atom stereocenters. The zero-order valence-electron chi connectivity index (χ0n) is 20.1. The maximum absolute atomic E-state index is 12.4. The lowest BCUT2D eigenvalue weighted by atomic mass is 9.87. The van der Waals surface area contributed by atoms with Crippen molar-refractivity contribution in [1.29, 1.82) is 0 Å². The van der Waals surface area contributed by atoms with Gasteiger partial charge in [-0.15, -0.1) is 0 Å². The Bertz CT molecular complexity index is 1010. The van der Waals surface area contributed by atoms with Crippen LogP contribution in [-0.2, 0) is 9.53 Å². The smallest absolute Gasteiger partial charge is 0.308 e. The van der Waals surface area contributed by atoms with Crippen molar-refractivity contribution in [3.63, 3.8) is 0 Å². The van der Waals surface area contributed by atoms with Gasteiger partial charge in [0, 0.05) is 30.9 Å². The van der Waals surface area contributed by atoms with Gasteiger partial charge >= 0.3 is 5.97 Å². The van der Waals surface area contributed by atoms with Gasteiger partial charge in [-0.3, -0.25) is 14.4 Å². The van der Waals surface area contributed by atoms with Gasteiger partial charge in [-0.1, -0.05) is 12.1 Å². The number of nitrogens with one attached hydrogen (secondary N) is 2. The fourth-order valence-corrected chi connectivity index (χ4v) is 4.31. The Kier molecular flexibility index (Phi) is 8.34. The van der Waals surface area contributed by atoms with Crippen LogP contribution in [-0.4, -0.2) is 48.6 Å². The third-order valence-electron chi connectivity index (χ3n) is 6.50. The molecule has 35 heavy (non-hydrogen) atoms. The van der Waals surface area contributed by atoms with Gasteiger partial charge in [0.25, 0.3) is 11.8 Å². The highest BCUT2D eigenvalue weighted by atomic mass is 16.5. The third-order valence-corrected chi connectivity index (χ3v) is 6.50. The Balaban J connectivity index is 1.14. The SMILES string of the molecule is CCOC(=O)C1CCC(Oc2ccc(C(=O)NCCNC(=O)c3ccc(C4CC4)cc3)cn2)CC1. The van der Waals surface area contributed by atoms with Crippen molar-refractivity contribution in [2.24, 2.45) is 5.92 Å². The van der Waals surface area contributed by atoms with E-state index >= 15 is 0 Å². The number of esters is 1. The third kappa shape index (κ3) is 7.04. The first-order chi connectivity index (χ1) is 17.0. The summed E-state index contributed by atoms with van der Waals surface area (Å²) in [5.74, 6) is 0.535. The maximum Gasteiger partial charge on any atom is 0.308 e. The number of pyridine rings is 1. The number of carbonyl (C=O) groups is 3. The Morgan fingerprint density at radius 3 is 2.06 bits per heavy atom. The van der Waals surface area contributed by atoms with E-state index < -0.39 is 0 Å². The van der Waals surface area contributed by atoms with Gasteiger partial charge in [0.05, 0.1) is 18.1 Å². The van der Waals surface area contributed by atoms with E-state index in [0.29, 0.717) is 42.6 Å². The number of amides is 2. The molecule has 0 aliphatic heterocycles. The van der Waals surface area contributed by atoms with E-state index in [9.17, 15) is 14.4 Å². The van der Waals surface area contributed by atoms with Crippen molar-refractivity contribution in [2.75, 3.05) is 19.7 Å². The van der Waals surface area contributed by atoms with Gasteiger partial charge in [0.15, 0.2) is 0 Å². The molecule has 2 fully saturated rings. The summed E-state index contributed by atoms with van der Waals surface area (Å²) in [4.78, 5) is 40.7. The van der Waals surface area contributed by atoms with Crippen LogP contribution in [0.4, 0.5) is 0 Å². The first-order valence-electron chi connectivity index (χ1n) is 12.5. The molecule has 0 bridgehead atoms. The molecule has 0 saturated heterocycles. The molecule has 1 heterocycles. The zero-order chi connectivity index (χ0) is 24.6. The Morgan fingerprint density at radius 1 is 0.857 bits per heavy atom.